The molecule has 0 unspecified atom stereocenters. The lowest BCUT2D eigenvalue weighted by Gasteiger charge is -2.09. The summed E-state index contributed by atoms with van der Waals surface area (Å²) in [5.74, 6) is -0.123. The van der Waals surface area contributed by atoms with Crippen LogP contribution in [0, 0.1) is 13.8 Å². The highest BCUT2D eigenvalue weighted by atomic mass is 35.5. The molecule has 0 saturated heterocycles. The van der Waals surface area contributed by atoms with Gasteiger partial charge in [-0.2, -0.15) is 5.10 Å². The molecule has 0 bridgehead atoms. The van der Waals surface area contributed by atoms with Crippen molar-refractivity contribution in [3.05, 3.63) is 94.2 Å². The zero-order valence-corrected chi connectivity index (χ0v) is 19.3. The molecule has 1 heterocycles. The fourth-order valence-corrected chi connectivity index (χ4v) is 3.38. The number of hydrogen-bond donors (Lipinski definition) is 2. The van der Waals surface area contributed by atoms with E-state index in [0.29, 0.717) is 21.9 Å². The molecule has 0 aliphatic carbocycles. The van der Waals surface area contributed by atoms with Gasteiger partial charge in [0.1, 0.15) is 11.3 Å². The van der Waals surface area contributed by atoms with E-state index in [9.17, 15) is 9.59 Å². The van der Waals surface area contributed by atoms with Crippen LogP contribution in [0.1, 0.15) is 27.2 Å². The normalized spacial score (nSPS) is 11.0. The summed E-state index contributed by atoms with van der Waals surface area (Å²) in [7, 11) is 0. The number of carbonyl (C=O) groups is 2. The van der Waals surface area contributed by atoms with Crippen LogP contribution < -0.4 is 15.5 Å². The minimum absolute atomic E-state index is 0.126. The van der Waals surface area contributed by atoms with Crippen molar-refractivity contribution in [3.8, 4) is 5.75 Å². The number of aryl methyl sites for hydroxylation is 2. The number of fused-ring (bicyclic) bond motifs is 1. The van der Waals surface area contributed by atoms with Gasteiger partial charge < -0.3 is 14.5 Å². The van der Waals surface area contributed by atoms with Crippen molar-refractivity contribution in [1.29, 1.82) is 0 Å². The van der Waals surface area contributed by atoms with Gasteiger partial charge in [-0.25, -0.2) is 5.43 Å². The molecule has 0 saturated carbocycles. The molecule has 2 amide bonds. The van der Waals surface area contributed by atoms with Crippen LogP contribution in [0.4, 0.5) is 5.69 Å². The lowest BCUT2D eigenvalue weighted by Crippen LogP contribution is -2.20. The molecule has 2 N–H and O–H groups in total. The number of ether oxygens (including phenoxy) is 1. The molecule has 3 aromatic carbocycles. The summed E-state index contributed by atoms with van der Waals surface area (Å²) in [6, 6.07) is 19.4. The maximum atomic E-state index is 12.3. The first-order valence-corrected chi connectivity index (χ1v) is 10.9. The van der Waals surface area contributed by atoms with Crippen LogP contribution in [0.3, 0.4) is 0 Å². The molecule has 4 rings (SSSR count). The van der Waals surface area contributed by atoms with Gasteiger partial charge in [0.15, 0.2) is 12.4 Å². The Balaban J connectivity index is 1.31. The quantitative estimate of drug-likeness (QED) is 0.273. The Morgan fingerprint density at radius 1 is 1.03 bits per heavy atom. The van der Waals surface area contributed by atoms with Crippen LogP contribution in [-0.2, 0) is 4.79 Å². The molecule has 0 aliphatic rings. The summed E-state index contributed by atoms with van der Waals surface area (Å²) in [5, 5.41) is 8.07. The van der Waals surface area contributed by atoms with Crippen LogP contribution in [0.2, 0.25) is 5.02 Å². The highest BCUT2D eigenvalue weighted by Crippen LogP contribution is 2.23. The number of furan rings is 1. The van der Waals surface area contributed by atoms with Gasteiger partial charge in [0.2, 0.25) is 0 Å². The third-order valence-electron chi connectivity index (χ3n) is 5.10. The monoisotopic (exact) mass is 475 g/mol. The highest BCUT2D eigenvalue weighted by Gasteiger charge is 2.12. The Morgan fingerprint density at radius 3 is 2.71 bits per heavy atom. The van der Waals surface area contributed by atoms with Gasteiger partial charge in [-0.05, 0) is 79.1 Å². The van der Waals surface area contributed by atoms with Gasteiger partial charge in [-0.1, -0.05) is 29.8 Å². The second kappa shape index (κ2) is 10.2. The number of nitrogens with one attached hydrogen (secondary N) is 2. The van der Waals surface area contributed by atoms with Gasteiger partial charge in [0.25, 0.3) is 5.91 Å². The number of benzene rings is 3. The zero-order chi connectivity index (χ0) is 24.1. The molecule has 0 atom stereocenters. The van der Waals surface area contributed by atoms with E-state index in [0.717, 1.165) is 22.2 Å². The molecule has 0 fully saturated rings. The molecular weight excluding hydrogens is 454 g/mol. The largest absolute Gasteiger partial charge is 0.484 e. The summed E-state index contributed by atoms with van der Waals surface area (Å²) in [6.07, 6.45) is 1.47. The first-order chi connectivity index (χ1) is 16.4. The van der Waals surface area contributed by atoms with Crippen molar-refractivity contribution in [1.82, 2.24) is 5.43 Å². The smallest absolute Gasteiger partial charge is 0.307 e. The van der Waals surface area contributed by atoms with Gasteiger partial charge in [-0.3, -0.25) is 9.59 Å². The molecule has 0 spiro atoms. The second-order valence-corrected chi connectivity index (χ2v) is 8.14. The fraction of sp³-hybridized carbons (Fsp3) is 0.115. The first-order valence-electron chi connectivity index (χ1n) is 10.5. The lowest BCUT2D eigenvalue weighted by molar-refractivity contribution is -0.118. The maximum absolute atomic E-state index is 12.3. The Morgan fingerprint density at radius 2 is 1.88 bits per heavy atom. The summed E-state index contributed by atoms with van der Waals surface area (Å²) in [5.41, 5.74) is 6.65. The third-order valence-corrected chi connectivity index (χ3v) is 5.34. The maximum Gasteiger partial charge on any atom is 0.307 e. The molecule has 0 aliphatic heterocycles. The predicted octanol–water partition coefficient (Wildman–Crippen LogP) is 5.48. The van der Waals surface area contributed by atoms with Crippen molar-refractivity contribution >= 4 is 46.3 Å². The number of hydrogen-bond acceptors (Lipinski definition) is 5. The van der Waals surface area contributed by atoms with Crippen molar-refractivity contribution in [3.63, 3.8) is 0 Å². The third kappa shape index (κ3) is 5.82. The van der Waals surface area contributed by atoms with Crippen molar-refractivity contribution in [2.45, 2.75) is 13.8 Å². The Kier molecular flexibility index (Phi) is 6.94. The number of rotatable bonds is 7. The van der Waals surface area contributed by atoms with E-state index in [-0.39, 0.29) is 18.3 Å². The standard InChI is InChI=1S/C26H22ClN3O4/c1-16-6-8-21(10-17(16)2)29-25(31)15-33-22-5-3-4-18(11-22)14-28-30-26(32)24-13-19-12-20(27)7-9-23(19)34-24/h3-14H,15H2,1-2H3,(H,29,31)(H,30,32). The van der Waals surface area contributed by atoms with Crippen LogP contribution >= 0.6 is 11.6 Å². The second-order valence-electron chi connectivity index (χ2n) is 7.70. The number of anilines is 1. The van der Waals surface area contributed by atoms with Crippen LogP contribution in [0.15, 0.2) is 76.2 Å². The van der Waals surface area contributed by atoms with E-state index in [1.165, 1.54) is 6.21 Å². The number of halogens is 1. The Hall–Kier alpha value is -4.10. The van der Waals surface area contributed by atoms with Crippen molar-refractivity contribution in [2.24, 2.45) is 5.10 Å². The van der Waals surface area contributed by atoms with E-state index in [4.69, 9.17) is 20.8 Å². The Labute approximate surface area is 201 Å². The molecule has 0 radical (unpaired) electrons. The fourth-order valence-electron chi connectivity index (χ4n) is 3.20. The zero-order valence-electron chi connectivity index (χ0n) is 18.6. The van der Waals surface area contributed by atoms with Gasteiger partial charge in [0, 0.05) is 16.1 Å². The molecule has 8 heteroatoms. The van der Waals surface area contributed by atoms with Crippen molar-refractivity contribution in [2.75, 3.05) is 11.9 Å². The SMILES string of the molecule is Cc1ccc(NC(=O)COc2cccc(C=NNC(=O)c3cc4cc(Cl)ccc4o3)c2)cc1C. The lowest BCUT2D eigenvalue weighted by atomic mass is 10.1. The minimum atomic E-state index is -0.487. The highest BCUT2D eigenvalue weighted by molar-refractivity contribution is 6.31. The van der Waals surface area contributed by atoms with Crippen LogP contribution in [-0.4, -0.2) is 24.6 Å². The average molecular weight is 476 g/mol. The van der Waals surface area contributed by atoms with E-state index in [1.807, 2.05) is 32.0 Å². The van der Waals surface area contributed by atoms with E-state index in [1.54, 1.807) is 48.5 Å². The number of hydrazone groups is 1. The van der Waals surface area contributed by atoms with Crippen LogP contribution in [0.25, 0.3) is 11.0 Å². The number of nitrogens with zero attached hydrogens (tertiary/aromatic N) is 1. The predicted molar refractivity (Wildman–Crippen MR) is 133 cm³/mol. The van der Waals surface area contributed by atoms with E-state index >= 15 is 0 Å². The van der Waals surface area contributed by atoms with Crippen LogP contribution in [0.5, 0.6) is 5.75 Å². The molecular formula is C26H22ClN3O4. The summed E-state index contributed by atoms with van der Waals surface area (Å²) >= 11 is 5.96. The van der Waals surface area contributed by atoms with E-state index < -0.39 is 5.91 Å². The van der Waals surface area contributed by atoms with Gasteiger partial charge in [-0.15, -0.1) is 0 Å². The van der Waals surface area contributed by atoms with Gasteiger partial charge in [0.05, 0.1) is 6.21 Å². The van der Waals surface area contributed by atoms with Crippen molar-refractivity contribution < 1.29 is 18.7 Å². The number of amides is 2. The molecule has 34 heavy (non-hydrogen) atoms. The molecule has 4 aromatic rings. The topological polar surface area (TPSA) is 92.9 Å². The van der Waals surface area contributed by atoms with Gasteiger partial charge >= 0.3 is 5.91 Å². The van der Waals surface area contributed by atoms with E-state index in [2.05, 4.69) is 15.8 Å². The molecule has 7 nitrogen and oxygen atoms in total. The summed E-state index contributed by atoms with van der Waals surface area (Å²) < 4.78 is 11.1. The molecule has 1 aromatic heterocycles. The first kappa shape index (κ1) is 23.1. The molecule has 172 valence electrons. The summed E-state index contributed by atoms with van der Waals surface area (Å²) in [6.45, 7) is 3.87. The average Bonchev–Trinajstić information content (AvgIpc) is 3.24. The minimum Gasteiger partial charge on any atom is -0.484 e. The summed E-state index contributed by atoms with van der Waals surface area (Å²) in [4.78, 5) is 24.5. The Bertz CT molecular complexity index is 1390. The number of carbonyl (C=O) groups excluding carboxylic acids is 2.